The molecule has 184 valence electrons. The lowest BCUT2D eigenvalue weighted by atomic mass is 9.92. The second-order valence-electron chi connectivity index (χ2n) is 10.9. The number of nitrogens with zero attached hydrogens (tertiary/aromatic N) is 3. The van der Waals surface area contributed by atoms with E-state index in [1.165, 1.54) is 70.8 Å². The minimum absolute atomic E-state index is 0.965. The highest BCUT2D eigenvalue weighted by Gasteiger charge is 2.22. The number of benzene rings is 7. The topological polar surface area (TPSA) is 21.7 Å². The molecule has 10 aromatic rings. The lowest BCUT2D eigenvalue weighted by Crippen LogP contribution is -1.87. The molecular weight excluding hydrogens is 486 g/mol. The van der Waals surface area contributed by atoms with Gasteiger partial charge in [0.05, 0.1) is 27.6 Å². The Morgan fingerprint density at radius 1 is 0.425 bits per heavy atom. The van der Waals surface area contributed by atoms with Gasteiger partial charge in [-0.2, -0.15) is 0 Å². The molecule has 0 bridgehead atoms. The van der Waals surface area contributed by atoms with Crippen LogP contribution in [0.2, 0.25) is 0 Å². The molecule has 10 rings (SSSR count). The van der Waals surface area contributed by atoms with Gasteiger partial charge in [-0.3, -0.25) is 8.80 Å². The van der Waals surface area contributed by atoms with Crippen LogP contribution in [0.4, 0.5) is 0 Å². The maximum Gasteiger partial charge on any atom is 0.220 e. The molecule has 0 unspecified atom stereocenters. The molecule has 0 aliphatic rings. The van der Waals surface area contributed by atoms with Crippen molar-refractivity contribution in [3.63, 3.8) is 0 Å². The molecule has 3 heterocycles. The van der Waals surface area contributed by atoms with Gasteiger partial charge >= 0.3 is 0 Å². The lowest BCUT2D eigenvalue weighted by Gasteiger charge is -2.12. The number of hydrogen-bond acceptors (Lipinski definition) is 1. The van der Waals surface area contributed by atoms with Crippen molar-refractivity contribution in [2.24, 2.45) is 0 Å². The van der Waals surface area contributed by atoms with E-state index in [-0.39, 0.29) is 0 Å². The number of imidazole rings is 2. The van der Waals surface area contributed by atoms with Crippen molar-refractivity contribution in [1.29, 1.82) is 0 Å². The molecule has 0 amide bonds. The van der Waals surface area contributed by atoms with Crippen LogP contribution in [0.3, 0.4) is 0 Å². The van der Waals surface area contributed by atoms with Crippen molar-refractivity contribution in [3.8, 4) is 11.1 Å². The third kappa shape index (κ3) is 2.48. The summed E-state index contributed by atoms with van der Waals surface area (Å²) in [5.74, 6) is 0.965. The SMILES string of the molecule is c1ccc2cc3c(cc2c1)c1cc(-c2cc4ccccc4c4ccccc24)cc2c1n3c1nc3ccccc3n21. The highest BCUT2D eigenvalue weighted by Crippen LogP contribution is 2.43. The Morgan fingerprint density at radius 3 is 2.00 bits per heavy atom. The van der Waals surface area contributed by atoms with Crippen molar-refractivity contribution in [1.82, 2.24) is 13.8 Å². The van der Waals surface area contributed by atoms with Gasteiger partial charge in [-0.15, -0.1) is 0 Å². The minimum Gasteiger partial charge on any atom is -0.277 e. The maximum atomic E-state index is 5.15. The van der Waals surface area contributed by atoms with E-state index >= 15 is 0 Å². The Hall–Kier alpha value is -5.41. The van der Waals surface area contributed by atoms with E-state index < -0.39 is 0 Å². The lowest BCUT2D eigenvalue weighted by molar-refractivity contribution is 1.22. The van der Waals surface area contributed by atoms with Crippen LogP contribution in [0, 0.1) is 0 Å². The van der Waals surface area contributed by atoms with Crippen LogP contribution in [0.25, 0.3) is 87.6 Å². The van der Waals surface area contributed by atoms with Crippen LogP contribution in [0.5, 0.6) is 0 Å². The van der Waals surface area contributed by atoms with Gasteiger partial charge in [-0.25, -0.2) is 4.98 Å². The molecule has 0 atom stereocenters. The molecule has 7 aromatic carbocycles. The standard InChI is InChI=1S/C37H21N3/c1-2-10-23-20-34-30(17-22(23)9-1)31-19-25(29-18-24-11-3-4-12-26(24)27-13-5-6-14-28(27)29)21-35-36(31)40(34)37-38-32-15-7-8-16-33(32)39(35)37/h1-21H. The van der Waals surface area contributed by atoms with E-state index in [4.69, 9.17) is 4.98 Å². The summed E-state index contributed by atoms with van der Waals surface area (Å²) in [6.07, 6.45) is 0. The second-order valence-corrected chi connectivity index (χ2v) is 10.9. The van der Waals surface area contributed by atoms with Crippen molar-refractivity contribution in [2.75, 3.05) is 0 Å². The Morgan fingerprint density at radius 2 is 1.12 bits per heavy atom. The Balaban J connectivity index is 1.45. The summed E-state index contributed by atoms with van der Waals surface area (Å²) in [7, 11) is 0. The van der Waals surface area contributed by atoms with E-state index in [9.17, 15) is 0 Å². The maximum absolute atomic E-state index is 5.15. The molecule has 0 spiro atoms. The van der Waals surface area contributed by atoms with Crippen LogP contribution in [0.15, 0.2) is 127 Å². The molecule has 0 saturated heterocycles. The van der Waals surface area contributed by atoms with E-state index in [1.54, 1.807) is 0 Å². The fraction of sp³-hybridized carbons (Fsp3) is 0. The zero-order chi connectivity index (χ0) is 25.9. The highest BCUT2D eigenvalue weighted by molar-refractivity contribution is 6.21. The summed E-state index contributed by atoms with van der Waals surface area (Å²) < 4.78 is 4.72. The zero-order valence-electron chi connectivity index (χ0n) is 21.5. The predicted octanol–water partition coefficient (Wildman–Crippen LogP) is 9.61. The summed E-state index contributed by atoms with van der Waals surface area (Å²) in [5, 5.41) is 10.1. The van der Waals surface area contributed by atoms with E-state index in [0.717, 1.165) is 16.8 Å². The third-order valence-corrected chi connectivity index (χ3v) is 8.77. The van der Waals surface area contributed by atoms with Gasteiger partial charge in [-0.1, -0.05) is 84.9 Å². The Bertz CT molecular complexity index is 2650. The molecule has 0 aliphatic carbocycles. The molecular formula is C37H21N3. The smallest absolute Gasteiger partial charge is 0.220 e. The largest absolute Gasteiger partial charge is 0.277 e. The first-order valence-corrected chi connectivity index (χ1v) is 13.7. The molecule has 0 radical (unpaired) electrons. The first-order chi connectivity index (χ1) is 19.8. The van der Waals surface area contributed by atoms with Gasteiger partial charge in [0.25, 0.3) is 0 Å². The minimum atomic E-state index is 0.965. The molecule has 0 fully saturated rings. The van der Waals surface area contributed by atoms with Crippen molar-refractivity contribution in [2.45, 2.75) is 0 Å². The number of rotatable bonds is 1. The fourth-order valence-electron chi connectivity index (χ4n) is 7.04. The van der Waals surface area contributed by atoms with Gasteiger partial charge in [0, 0.05) is 10.8 Å². The van der Waals surface area contributed by atoms with Crippen LogP contribution in [-0.2, 0) is 0 Å². The van der Waals surface area contributed by atoms with Gasteiger partial charge < -0.3 is 0 Å². The van der Waals surface area contributed by atoms with Crippen LogP contribution in [0.1, 0.15) is 0 Å². The Labute approximate surface area is 228 Å². The fourth-order valence-corrected chi connectivity index (χ4v) is 7.04. The zero-order valence-corrected chi connectivity index (χ0v) is 21.5. The van der Waals surface area contributed by atoms with Crippen LogP contribution >= 0.6 is 0 Å². The van der Waals surface area contributed by atoms with Crippen LogP contribution in [-0.4, -0.2) is 13.8 Å². The van der Waals surface area contributed by atoms with Crippen molar-refractivity contribution < 1.29 is 0 Å². The highest BCUT2D eigenvalue weighted by atomic mass is 15.2. The number of para-hydroxylation sites is 2. The van der Waals surface area contributed by atoms with E-state index in [0.29, 0.717) is 0 Å². The third-order valence-electron chi connectivity index (χ3n) is 8.77. The average molecular weight is 508 g/mol. The summed E-state index contributed by atoms with van der Waals surface area (Å²) >= 11 is 0. The molecule has 0 N–H and O–H groups in total. The first-order valence-electron chi connectivity index (χ1n) is 13.7. The molecule has 3 nitrogen and oxygen atoms in total. The predicted molar refractivity (Wildman–Crippen MR) is 168 cm³/mol. The molecule has 0 saturated carbocycles. The summed E-state index contributed by atoms with van der Waals surface area (Å²) in [6, 6.07) is 46.4. The molecule has 3 aromatic heterocycles. The summed E-state index contributed by atoms with van der Waals surface area (Å²) in [4.78, 5) is 5.15. The molecule has 0 aliphatic heterocycles. The van der Waals surface area contributed by atoms with E-state index in [1.807, 2.05) is 0 Å². The van der Waals surface area contributed by atoms with Gasteiger partial charge in [0.1, 0.15) is 0 Å². The second kappa shape index (κ2) is 7.16. The Kier molecular flexibility index (Phi) is 3.68. The number of aromatic nitrogens is 3. The number of hydrogen-bond donors (Lipinski definition) is 0. The quantitative estimate of drug-likeness (QED) is 0.203. The van der Waals surface area contributed by atoms with Gasteiger partial charge in [0.2, 0.25) is 5.78 Å². The summed E-state index contributed by atoms with van der Waals surface area (Å²) in [5.41, 5.74) is 8.25. The monoisotopic (exact) mass is 507 g/mol. The molecule has 3 heteroatoms. The number of fused-ring (bicyclic) bond motifs is 12. The molecule has 40 heavy (non-hydrogen) atoms. The summed E-state index contributed by atoms with van der Waals surface area (Å²) in [6.45, 7) is 0. The average Bonchev–Trinajstić information content (AvgIpc) is 3.65. The van der Waals surface area contributed by atoms with Gasteiger partial charge in [0.15, 0.2) is 0 Å². The van der Waals surface area contributed by atoms with Gasteiger partial charge in [-0.05, 0) is 85.9 Å². The normalized spacial score (nSPS) is 12.5. The first kappa shape index (κ1) is 20.5. The van der Waals surface area contributed by atoms with Crippen molar-refractivity contribution in [3.05, 3.63) is 127 Å². The van der Waals surface area contributed by atoms with E-state index in [2.05, 4.69) is 136 Å². The van der Waals surface area contributed by atoms with Crippen molar-refractivity contribution >= 4 is 76.5 Å². The van der Waals surface area contributed by atoms with Crippen LogP contribution < -0.4 is 0 Å².